The maximum atomic E-state index is 9.27. The summed E-state index contributed by atoms with van der Waals surface area (Å²) in [7, 11) is 0. The Kier molecular flexibility index (Phi) is 3.98. The summed E-state index contributed by atoms with van der Waals surface area (Å²) in [5.74, 6) is 0. The molecule has 1 aromatic rings. The molecule has 0 saturated carbocycles. The number of nitrogens with one attached hydrogen (secondary N) is 1. The number of rotatable bonds is 4. The number of aliphatic hydroxyl groups is 1. The van der Waals surface area contributed by atoms with Crippen molar-refractivity contribution in [3.05, 3.63) is 35.4 Å². The van der Waals surface area contributed by atoms with Gasteiger partial charge in [0.2, 0.25) is 0 Å². The normalized spacial score (nSPS) is 11.8. The topological polar surface area (TPSA) is 93.9 Å². The Labute approximate surface area is 88.5 Å². The molecular weight excluding hydrogens is 190 g/mol. The SMILES string of the molecule is N#Cc1ccc(C(=N)CC(O)CN)cc1. The van der Waals surface area contributed by atoms with Crippen LogP contribution in [0, 0.1) is 16.7 Å². The molecule has 0 aromatic heterocycles. The standard InChI is InChI=1S/C11H13N3O/c12-6-8-1-3-9(4-2-8)11(14)5-10(15)7-13/h1-4,10,14-15H,5,7,13H2. The molecule has 0 fully saturated rings. The predicted octanol–water partition coefficient (Wildman–Crippen LogP) is 0.636. The van der Waals surface area contributed by atoms with E-state index >= 15 is 0 Å². The van der Waals surface area contributed by atoms with Crippen molar-refractivity contribution in [1.82, 2.24) is 0 Å². The number of benzene rings is 1. The molecule has 78 valence electrons. The summed E-state index contributed by atoms with van der Waals surface area (Å²) < 4.78 is 0. The van der Waals surface area contributed by atoms with Crippen LogP contribution in [0.15, 0.2) is 24.3 Å². The van der Waals surface area contributed by atoms with Gasteiger partial charge in [0.05, 0.1) is 17.7 Å². The van der Waals surface area contributed by atoms with Crippen molar-refractivity contribution in [2.75, 3.05) is 6.54 Å². The van der Waals surface area contributed by atoms with E-state index in [4.69, 9.17) is 16.4 Å². The van der Waals surface area contributed by atoms with Gasteiger partial charge in [-0.15, -0.1) is 0 Å². The van der Waals surface area contributed by atoms with Gasteiger partial charge < -0.3 is 16.2 Å². The van der Waals surface area contributed by atoms with Gasteiger partial charge in [0, 0.05) is 18.7 Å². The van der Waals surface area contributed by atoms with E-state index in [0.29, 0.717) is 16.8 Å². The molecule has 0 heterocycles. The third-order valence-corrected chi connectivity index (χ3v) is 2.07. The van der Waals surface area contributed by atoms with Gasteiger partial charge >= 0.3 is 0 Å². The van der Waals surface area contributed by atoms with Crippen molar-refractivity contribution in [1.29, 1.82) is 10.7 Å². The van der Waals surface area contributed by atoms with E-state index in [0.717, 1.165) is 0 Å². The van der Waals surface area contributed by atoms with E-state index < -0.39 is 6.10 Å². The highest BCUT2D eigenvalue weighted by Gasteiger charge is 2.07. The molecule has 0 spiro atoms. The molecular formula is C11H13N3O. The third kappa shape index (κ3) is 3.17. The Morgan fingerprint density at radius 3 is 2.53 bits per heavy atom. The van der Waals surface area contributed by atoms with Gasteiger partial charge in [-0.2, -0.15) is 5.26 Å². The molecule has 1 aromatic carbocycles. The van der Waals surface area contributed by atoms with Gasteiger partial charge in [-0.25, -0.2) is 0 Å². The Balaban J connectivity index is 2.71. The second kappa shape index (κ2) is 5.25. The summed E-state index contributed by atoms with van der Waals surface area (Å²) in [6, 6.07) is 8.71. The molecule has 0 aliphatic heterocycles. The van der Waals surface area contributed by atoms with E-state index in [1.165, 1.54) is 0 Å². The lowest BCUT2D eigenvalue weighted by Gasteiger charge is -2.08. The van der Waals surface area contributed by atoms with Crippen molar-refractivity contribution < 1.29 is 5.11 Å². The molecule has 0 aliphatic rings. The quantitative estimate of drug-likeness (QED) is 0.626. The lowest BCUT2D eigenvalue weighted by atomic mass is 10.0. The number of nitrogens with two attached hydrogens (primary N) is 1. The average Bonchev–Trinajstić information content (AvgIpc) is 2.29. The fourth-order valence-corrected chi connectivity index (χ4v) is 1.18. The van der Waals surface area contributed by atoms with Crippen LogP contribution in [0.25, 0.3) is 0 Å². The van der Waals surface area contributed by atoms with Gasteiger partial charge in [-0.1, -0.05) is 12.1 Å². The first-order valence-electron chi connectivity index (χ1n) is 4.63. The van der Waals surface area contributed by atoms with E-state index in [9.17, 15) is 5.11 Å². The highest BCUT2D eigenvalue weighted by Crippen LogP contribution is 2.07. The maximum Gasteiger partial charge on any atom is 0.0991 e. The Hall–Kier alpha value is -1.70. The summed E-state index contributed by atoms with van der Waals surface area (Å²) in [6.07, 6.45) is -0.435. The highest BCUT2D eigenvalue weighted by molar-refractivity contribution is 5.98. The first kappa shape index (κ1) is 11.4. The van der Waals surface area contributed by atoms with Crippen molar-refractivity contribution in [2.45, 2.75) is 12.5 Å². The summed E-state index contributed by atoms with van der Waals surface area (Å²) in [6.45, 7) is 0.151. The zero-order chi connectivity index (χ0) is 11.3. The first-order chi connectivity index (χ1) is 7.17. The number of hydrogen-bond acceptors (Lipinski definition) is 4. The van der Waals surface area contributed by atoms with Crippen LogP contribution < -0.4 is 5.73 Å². The lowest BCUT2D eigenvalue weighted by Crippen LogP contribution is -2.23. The molecule has 4 heteroatoms. The van der Waals surface area contributed by atoms with E-state index in [1.54, 1.807) is 24.3 Å². The Morgan fingerprint density at radius 2 is 2.07 bits per heavy atom. The first-order valence-corrected chi connectivity index (χ1v) is 4.63. The molecule has 1 rings (SSSR count). The molecule has 0 bridgehead atoms. The summed E-state index contributed by atoms with van der Waals surface area (Å²) in [4.78, 5) is 0. The molecule has 0 amide bonds. The number of nitrogens with zero attached hydrogens (tertiary/aromatic N) is 1. The molecule has 1 atom stereocenters. The minimum absolute atomic E-state index is 0.151. The van der Waals surface area contributed by atoms with Crippen molar-refractivity contribution in [3.8, 4) is 6.07 Å². The van der Waals surface area contributed by atoms with Crippen LogP contribution in [0.5, 0.6) is 0 Å². The summed E-state index contributed by atoms with van der Waals surface area (Å²) >= 11 is 0. The molecule has 4 N–H and O–H groups in total. The minimum Gasteiger partial charge on any atom is -0.391 e. The highest BCUT2D eigenvalue weighted by atomic mass is 16.3. The minimum atomic E-state index is -0.673. The largest absolute Gasteiger partial charge is 0.391 e. The van der Waals surface area contributed by atoms with Gasteiger partial charge in [-0.05, 0) is 17.7 Å². The van der Waals surface area contributed by atoms with Crippen LogP contribution in [-0.2, 0) is 0 Å². The molecule has 0 saturated heterocycles. The van der Waals surface area contributed by atoms with Crippen LogP contribution in [0.3, 0.4) is 0 Å². The predicted molar refractivity (Wildman–Crippen MR) is 57.7 cm³/mol. The van der Waals surface area contributed by atoms with E-state index in [1.807, 2.05) is 6.07 Å². The molecule has 15 heavy (non-hydrogen) atoms. The van der Waals surface area contributed by atoms with Crippen molar-refractivity contribution in [2.24, 2.45) is 5.73 Å². The van der Waals surface area contributed by atoms with Gasteiger partial charge in [0.1, 0.15) is 0 Å². The van der Waals surface area contributed by atoms with Gasteiger partial charge in [0.15, 0.2) is 0 Å². The summed E-state index contributed by atoms with van der Waals surface area (Å²) in [5.41, 5.74) is 6.86. The fourth-order valence-electron chi connectivity index (χ4n) is 1.18. The van der Waals surface area contributed by atoms with Gasteiger partial charge in [0.25, 0.3) is 0 Å². The monoisotopic (exact) mass is 203 g/mol. The molecule has 4 nitrogen and oxygen atoms in total. The van der Waals surface area contributed by atoms with Crippen LogP contribution in [-0.4, -0.2) is 23.5 Å². The van der Waals surface area contributed by atoms with E-state index in [-0.39, 0.29) is 13.0 Å². The van der Waals surface area contributed by atoms with Gasteiger partial charge in [-0.3, -0.25) is 0 Å². The Bertz CT molecular complexity index is 378. The number of nitriles is 1. The average molecular weight is 203 g/mol. The van der Waals surface area contributed by atoms with Crippen molar-refractivity contribution in [3.63, 3.8) is 0 Å². The van der Waals surface area contributed by atoms with Crippen molar-refractivity contribution >= 4 is 5.71 Å². The lowest BCUT2D eigenvalue weighted by molar-refractivity contribution is 0.191. The van der Waals surface area contributed by atoms with E-state index in [2.05, 4.69) is 0 Å². The molecule has 0 radical (unpaired) electrons. The zero-order valence-corrected chi connectivity index (χ0v) is 8.27. The number of aliphatic hydroxyl groups excluding tert-OH is 1. The second-order valence-electron chi connectivity index (χ2n) is 3.26. The fraction of sp³-hybridized carbons (Fsp3) is 0.273. The maximum absolute atomic E-state index is 9.27. The zero-order valence-electron chi connectivity index (χ0n) is 8.27. The van der Waals surface area contributed by atoms with Crippen LogP contribution >= 0.6 is 0 Å². The molecule has 0 aliphatic carbocycles. The summed E-state index contributed by atoms with van der Waals surface area (Å²) in [5, 5.41) is 25.6. The molecule has 1 unspecified atom stereocenters. The van der Waals surface area contributed by atoms with Crippen LogP contribution in [0.1, 0.15) is 17.5 Å². The third-order valence-electron chi connectivity index (χ3n) is 2.07. The van der Waals surface area contributed by atoms with Crippen LogP contribution in [0.2, 0.25) is 0 Å². The Morgan fingerprint density at radius 1 is 1.47 bits per heavy atom. The van der Waals surface area contributed by atoms with Crippen LogP contribution in [0.4, 0.5) is 0 Å². The second-order valence-corrected chi connectivity index (χ2v) is 3.26. The smallest absolute Gasteiger partial charge is 0.0991 e. The number of hydrogen-bond donors (Lipinski definition) is 3.